The number of benzene rings is 1. The molecule has 1 aromatic heterocycles. The van der Waals surface area contributed by atoms with E-state index in [9.17, 15) is 9.59 Å². The number of rotatable bonds is 2. The van der Waals surface area contributed by atoms with Crippen LogP contribution in [0.3, 0.4) is 0 Å². The molecule has 1 aliphatic heterocycles. The van der Waals surface area contributed by atoms with E-state index in [1.54, 1.807) is 4.90 Å². The highest BCUT2D eigenvalue weighted by atomic mass is 16.5. The van der Waals surface area contributed by atoms with Crippen molar-refractivity contribution in [2.45, 2.75) is 27.2 Å². The number of nitrogens with zero attached hydrogens (tertiary/aromatic N) is 2. The summed E-state index contributed by atoms with van der Waals surface area (Å²) in [5, 5.41) is 6.28. The number of hydrogen-bond acceptors (Lipinski definition) is 4. The van der Waals surface area contributed by atoms with Gasteiger partial charge in [0.05, 0.1) is 6.20 Å². The molecule has 0 unspecified atom stereocenters. The largest absolute Gasteiger partial charge is 0.351 e. The van der Waals surface area contributed by atoms with Crippen LogP contribution in [0.5, 0.6) is 0 Å². The molecular weight excluding hydrogens is 294 g/mol. The van der Waals surface area contributed by atoms with E-state index in [1.807, 2.05) is 39.0 Å². The Morgan fingerprint density at radius 3 is 2.70 bits per heavy atom. The Morgan fingerprint density at radius 2 is 2.04 bits per heavy atom. The molecule has 1 aromatic carbocycles. The van der Waals surface area contributed by atoms with Gasteiger partial charge in [0.1, 0.15) is 0 Å². The summed E-state index contributed by atoms with van der Waals surface area (Å²) in [6, 6.07) is 7.11. The molecule has 0 spiro atoms. The van der Waals surface area contributed by atoms with Crippen molar-refractivity contribution in [1.82, 2.24) is 5.16 Å². The average molecular weight is 313 g/mol. The van der Waals surface area contributed by atoms with E-state index in [1.165, 1.54) is 12.3 Å². The van der Waals surface area contributed by atoms with Crippen LogP contribution in [0.1, 0.15) is 36.9 Å². The van der Waals surface area contributed by atoms with Gasteiger partial charge in [-0.25, -0.2) is 0 Å². The van der Waals surface area contributed by atoms with Gasteiger partial charge in [0.15, 0.2) is 0 Å². The molecule has 120 valence electrons. The van der Waals surface area contributed by atoms with E-state index in [0.717, 1.165) is 17.7 Å². The lowest BCUT2D eigenvalue weighted by molar-refractivity contribution is -0.125. The molecule has 2 heterocycles. The van der Waals surface area contributed by atoms with Crippen LogP contribution in [0.25, 0.3) is 0 Å². The first-order valence-electron chi connectivity index (χ1n) is 7.53. The van der Waals surface area contributed by atoms with Crippen LogP contribution in [0.4, 0.5) is 11.4 Å². The van der Waals surface area contributed by atoms with Crippen molar-refractivity contribution in [3.63, 3.8) is 0 Å². The number of aromatic nitrogens is 1. The average Bonchev–Trinajstić information content (AvgIpc) is 3.14. The number of carbonyl (C=O) groups is 2. The van der Waals surface area contributed by atoms with Gasteiger partial charge in [-0.1, -0.05) is 32.0 Å². The van der Waals surface area contributed by atoms with Gasteiger partial charge in [-0.3, -0.25) is 9.59 Å². The molecule has 0 aliphatic carbocycles. The first-order valence-corrected chi connectivity index (χ1v) is 7.53. The Balaban J connectivity index is 1.84. The highest BCUT2D eigenvalue weighted by molar-refractivity contribution is 6.03. The van der Waals surface area contributed by atoms with Gasteiger partial charge in [-0.2, -0.15) is 0 Å². The number of amides is 2. The smallest absolute Gasteiger partial charge is 0.294 e. The van der Waals surface area contributed by atoms with E-state index < -0.39 is 5.41 Å². The topological polar surface area (TPSA) is 75.4 Å². The Labute approximate surface area is 134 Å². The second-order valence-corrected chi connectivity index (χ2v) is 6.63. The van der Waals surface area contributed by atoms with E-state index in [-0.39, 0.29) is 17.6 Å². The van der Waals surface area contributed by atoms with Gasteiger partial charge >= 0.3 is 0 Å². The van der Waals surface area contributed by atoms with Crippen molar-refractivity contribution in [1.29, 1.82) is 0 Å². The number of carbonyl (C=O) groups excluding carboxylic acids is 2. The third-order valence-electron chi connectivity index (χ3n) is 3.79. The maximum absolute atomic E-state index is 12.6. The summed E-state index contributed by atoms with van der Waals surface area (Å²) >= 11 is 0. The molecule has 2 aromatic rings. The van der Waals surface area contributed by atoms with Crippen LogP contribution in [0, 0.1) is 5.41 Å². The first-order chi connectivity index (χ1) is 10.9. The zero-order valence-corrected chi connectivity index (χ0v) is 13.4. The molecule has 0 bridgehead atoms. The first kappa shape index (κ1) is 15.3. The lowest BCUT2D eigenvalue weighted by Crippen LogP contribution is -2.38. The van der Waals surface area contributed by atoms with Crippen molar-refractivity contribution in [3.05, 3.63) is 41.8 Å². The van der Waals surface area contributed by atoms with Gasteiger partial charge < -0.3 is 14.7 Å². The lowest BCUT2D eigenvalue weighted by Gasteiger charge is -2.26. The van der Waals surface area contributed by atoms with Gasteiger partial charge in [0, 0.05) is 29.4 Å². The Bertz CT molecular complexity index is 745. The molecule has 0 atom stereocenters. The summed E-state index contributed by atoms with van der Waals surface area (Å²) in [6.45, 7) is 6.39. The summed E-state index contributed by atoms with van der Waals surface area (Å²) in [6.07, 6.45) is 2.24. The second kappa shape index (κ2) is 5.53. The van der Waals surface area contributed by atoms with Crippen molar-refractivity contribution < 1.29 is 14.1 Å². The standard InChI is InChI=1S/C17H19N3O3/c1-17(2,3)16(22)20-9-7-11-4-5-12(10-13(11)20)19-15(21)14-6-8-18-23-14/h4-6,8,10H,7,9H2,1-3H3,(H,19,21). The van der Waals surface area contributed by atoms with Gasteiger partial charge in [-0.05, 0) is 24.1 Å². The van der Waals surface area contributed by atoms with E-state index >= 15 is 0 Å². The summed E-state index contributed by atoms with van der Waals surface area (Å²) in [4.78, 5) is 26.4. The molecule has 2 amide bonds. The molecule has 0 radical (unpaired) electrons. The maximum Gasteiger partial charge on any atom is 0.294 e. The van der Waals surface area contributed by atoms with Gasteiger partial charge in [-0.15, -0.1) is 0 Å². The quantitative estimate of drug-likeness (QED) is 0.925. The van der Waals surface area contributed by atoms with Crippen molar-refractivity contribution in [3.8, 4) is 0 Å². The van der Waals surface area contributed by atoms with E-state index in [4.69, 9.17) is 4.52 Å². The minimum Gasteiger partial charge on any atom is -0.351 e. The third-order valence-corrected chi connectivity index (χ3v) is 3.79. The fraction of sp³-hybridized carbons (Fsp3) is 0.353. The summed E-state index contributed by atoms with van der Waals surface area (Å²) < 4.78 is 4.84. The third kappa shape index (κ3) is 2.97. The van der Waals surface area contributed by atoms with Crippen molar-refractivity contribution >= 4 is 23.2 Å². The van der Waals surface area contributed by atoms with Crippen LogP contribution in [0.2, 0.25) is 0 Å². The zero-order chi connectivity index (χ0) is 16.6. The van der Waals surface area contributed by atoms with E-state index in [2.05, 4.69) is 10.5 Å². The molecule has 3 rings (SSSR count). The second-order valence-electron chi connectivity index (χ2n) is 6.63. The number of nitrogens with one attached hydrogen (secondary N) is 1. The van der Waals surface area contributed by atoms with Gasteiger partial charge in [0.25, 0.3) is 5.91 Å². The molecule has 23 heavy (non-hydrogen) atoms. The fourth-order valence-electron chi connectivity index (χ4n) is 2.60. The summed E-state index contributed by atoms with van der Waals surface area (Å²) in [5.74, 6) is -0.141. The molecule has 1 aliphatic rings. The fourth-order valence-corrected chi connectivity index (χ4v) is 2.60. The van der Waals surface area contributed by atoms with E-state index in [0.29, 0.717) is 12.2 Å². The Hall–Kier alpha value is -2.63. The zero-order valence-electron chi connectivity index (χ0n) is 13.4. The summed E-state index contributed by atoms with van der Waals surface area (Å²) in [5.41, 5.74) is 2.15. The minimum atomic E-state index is -0.444. The minimum absolute atomic E-state index is 0.0787. The number of anilines is 2. The lowest BCUT2D eigenvalue weighted by atomic mass is 9.94. The van der Waals surface area contributed by atoms with Crippen LogP contribution in [-0.4, -0.2) is 23.5 Å². The van der Waals surface area contributed by atoms with Crippen LogP contribution < -0.4 is 10.2 Å². The molecule has 0 saturated carbocycles. The Morgan fingerprint density at radius 1 is 1.26 bits per heavy atom. The number of fused-ring (bicyclic) bond motifs is 1. The highest BCUT2D eigenvalue weighted by Gasteiger charge is 2.32. The SMILES string of the molecule is CC(C)(C)C(=O)N1CCc2ccc(NC(=O)c3ccno3)cc21. The molecule has 6 heteroatoms. The molecule has 1 N–H and O–H groups in total. The Kier molecular flexibility index (Phi) is 3.67. The predicted molar refractivity (Wildman–Crippen MR) is 86.4 cm³/mol. The molecule has 0 saturated heterocycles. The van der Waals surface area contributed by atoms with Crippen molar-refractivity contribution in [2.24, 2.45) is 5.41 Å². The highest BCUT2D eigenvalue weighted by Crippen LogP contribution is 2.34. The summed E-state index contributed by atoms with van der Waals surface area (Å²) in [7, 11) is 0. The van der Waals surface area contributed by atoms with Crippen LogP contribution in [-0.2, 0) is 11.2 Å². The maximum atomic E-state index is 12.6. The van der Waals surface area contributed by atoms with Crippen LogP contribution >= 0.6 is 0 Å². The number of hydrogen-bond donors (Lipinski definition) is 1. The van der Waals surface area contributed by atoms with Crippen LogP contribution in [0.15, 0.2) is 35.0 Å². The normalized spacial score (nSPS) is 13.8. The molecule has 6 nitrogen and oxygen atoms in total. The molecule has 0 fully saturated rings. The predicted octanol–water partition coefficient (Wildman–Crippen LogP) is 2.86. The molecular formula is C17H19N3O3. The monoisotopic (exact) mass is 313 g/mol. The van der Waals surface area contributed by atoms with Gasteiger partial charge in [0.2, 0.25) is 11.7 Å². The van der Waals surface area contributed by atoms with Crippen molar-refractivity contribution in [2.75, 3.05) is 16.8 Å².